The third-order valence-corrected chi connectivity index (χ3v) is 5.15. The standard InChI is InChI=1S/C21H28F3N3O/c1-3-5-13-26-27(4-2)15-19(28)25-16-20(11-6-7-12-20)17-9-8-10-18(14-17)21(22,23)24/h4,8-10,13-14H,2-3,5-7,11-12,15-16H2,1H3,(H,25,28)/b26-13-. The van der Waals surface area contributed by atoms with Crippen LogP contribution in [0.25, 0.3) is 0 Å². The number of carbonyl (C=O) groups is 1. The molecule has 1 amide bonds. The zero-order chi connectivity index (χ0) is 20.6. The fourth-order valence-corrected chi connectivity index (χ4v) is 3.56. The molecule has 1 saturated carbocycles. The number of hydrogen-bond acceptors (Lipinski definition) is 3. The summed E-state index contributed by atoms with van der Waals surface area (Å²) in [5.41, 5.74) is -0.464. The molecule has 0 heterocycles. The lowest BCUT2D eigenvalue weighted by atomic mass is 9.78. The molecule has 0 spiro atoms. The molecule has 0 bridgehead atoms. The lowest BCUT2D eigenvalue weighted by molar-refractivity contribution is -0.137. The van der Waals surface area contributed by atoms with Crippen molar-refractivity contribution in [1.29, 1.82) is 0 Å². The smallest absolute Gasteiger partial charge is 0.354 e. The number of rotatable bonds is 9. The number of nitrogens with one attached hydrogen (secondary N) is 1. The van der Waals surface area contributed by atoms with E-state index in [1.807, 2.05) is 6.92 Å². The van der Waals surface area contributed by atoms with Gasteiger partial charge in [-0.15, -0.1) is 0 Å². The monoisotopic (exact) mass is 395 g/mol. The van der Waals surface area contributed by atoms with Gasteiger partial charge in [0.2, 0.25) is 5.91 Å². The first-order valence-corrected chi connectivity index (χ1v) is 9.67. The van der Waals surface area contributed by atoms with Crippen molar-refractivity contribution in [2.45, 2.75) is 57.0 Å². The number of nitrogens with zero attached hydrogens (tertiary/aromatic N) is 2. The maximum absolute atomic E-state index is 13.1. The van der Waals surface area contributed by atoms with Gasteiger partial charge in [-0.2, -0.15) is 18.3 Å². The van der Waals surface area contributed by atoms with Crippen molar-refractivity contribution in [3.63, 3.8) is 0 Å². The number of alkyl halides is 3. The molecule has 1 aromatic carbocycles. The summed E-state index contributed by atoms with van der Waals surface area (Å²) in [4.78, 5) is 12.3. The Hall–Kier alpha value is -2.31. The lowest BCUT2D eigenvalue weighted by Gasteiger charge is -2.31. The molecule has 1 aliphatic carbocycles. The summed E-state index contributed by atoms with van der Waals surface area (Å²) < 4.78 is 39.3. The average molecular weight is 395 g/mol. The topological polar surface area (TPSA) is 44.7 Å². The number of benzene rings is 1. The molecule has 7 heteroatoms. The molecule has 1 aliphatic rings. The molecule has 0 aliphatic heterocycles. The predicted molar refractivity (Wildman–Crippen MR) is 105 cm³/mol. The first kappa shape index (κ1) is 22.0. The van der Waals surface area contributed by atoms with Gasteiger partial charge in [0.15, 0.2) is 0 Å². The Morgan fingerprint density at radius 3 is 2.68 bits per heavy atom. The van der Waals surface area contributed by atoms with Crippen molar-refractivity contribution < 1.29 is 18.0 Å². The van der Waals surface area contributed by atoms with Crippen molar-refractivity contribution in [3.05, 3.63) is 48.2 Å². The summed E-state index contributed by atoms with van der Waals surface area (Å²) in [6.07, 6.45) is 3.99. The fourth-order valence-electron chi connectivity index (χ4n) is 3.56. The van der Waals surface area contributed by atoms with Gasteiger partial charge in [0.25, 0.3) is 0 Å². The van der Waals surface area contributed by atoms with Crippen molar-refractivity contribution in [2.24, 2.45) is 5.10 Å². The molecular weight excluding hydrogens is 367 g/mol. The van der Waals surface area contributed by atoms with Crippen LogP contribution in [0.5, 0.6) is 0 Å². The van der Waals surface area contributed by atoms with Crippen LogP contribution in [0.1, 0.15) is 56.6 Å². The van der Waals surface area contributed by atoms with E-state index in [2.05, 4.69) is 17.0 Å². The summed E-state index contributed by atoms with van der Waals surface area (Å²) in [6.45, 7) is 6.03. The second kappa shape index (κ2) is 9.75. The Bertz CT molecular complexity index is 694. The average Bonchev–Trinajstić information content (AvgIpc) is 3.15. The first-order chi connectivity index (χ1) is 13.3. The van der Waals surface area contributed by atoms with Crippen LogP contribution in [0.15, 0.2) is 42.1 Å². The van der Waals surface area contributed by atoms with Gasteiger partial charge in [-0.25, -0.2) is 0 Å². The van der Waals surface area contributed by atoms with Gasteiger partial charge >= 0.3 is 6.18 Å². The number of carbonyl (C=O) groups excluding carboxylic acids is 1. The largest absolute Gasteiger partial charge is 0.416 e. The maximum atomic E-state index is 13.1. The Labute approximate surface area is 164 Å². The molecule has 4 nitrogen and oxygen atoms in total. The fraction of sp³-hybridized carbons (Fsp3) is 0.524. The Morgan fingerprint density at radius 1 is 1.36 bits per heavy atom. The van der Waals surface area contributed by atoms with Gasteiger partial charge in [0.05, 0.1) is 5.56 Å². The van der Waals surface area contributed by atoms with Crippen molar-refractivity contribution in [1.82, 2.24) is 10.3 Å². The van der Waals surface area contributed by atoms with E-state index in [9.17, 15) is 18.0 Å². The van der Waals surface area contributed by atoms with Crippen molar-refractivity contribution in [3.8, 4) is 0 Å². The second-order valence-corrected chi connectivity index (χ2v) is 7.21. The van der Waals surface area contributed by atoms with Gasteiger partial charge in [0.1, 0.15) is 6.54 Å². The van der Waals surface area contributed by atoms with E-state index in [0.717, 1.165) is 44.6 Å². The summed E-state index contributed by atoms with van der Waals surface area (Å²) in [5.74, 6) is -0.230. The predicted octanol–water partition coefficient (Wildman–Crippen LogP) is 4.86. The number of hydrazone groups is 1. The van der Waals surface area contributed by atoms with E-state index < -0.39 is 17.2 Å². The van der Waals surface area contributed by atoms with Gasteiger partial charge in [-0.05, 0) is 30.9 Å². The molecule has 28 heavy (non-hydrogen) atoms. The van der Waals surface area contributed by atoms with E-state index in [4.69, 9.17) is 0 Å². The minimum absolute atomic E-state index is 0.0301. The van der Waals surface area contributed by atoms with Crippen LogP contribution < -0.4 is 5.32 Å². The Kier molecular flexibility index (Phi) is 7.66. The zero-order valence-electron chi connectivity index (χ0n) is 16.3. The van der Waals surface area contributed by atoms with Crippen LogP contribution in [-0.4, -0.2) is 30.2 Å². The van der Waals surface area contributed by atoms with Gasteiger partial charge in [-0.3, -0.25) is 9.80 Å². The quantitative estimate of drug-likeness (QED) is 0.479. The highest BCUT2D eigenvalue weighted by atomic mass is 19.4. The maximum Gasteiger partial charge on any atom is 0.416 e. The molecule has 0 saturated heterocycles. The van der Waals surface area contributed by atoms with Crippen molar-refractivity contribution in [2.75, 3.05) is 13.1 Å². The van der Waals surface area contributed by atoms with Crippen LogP contribution in [0.2, 0.25) is 0 Å². The van der Waals surface area contributed by atoms with Crippen LogP contribution >= 0.6 is 0 Å². The lowest BCUT2D eigenvalue weighted by Crippen LogP contribution is -2.42. The van der Waals surface area contributed by atoms with Crippen LogP contribution in [-0.2, 0) is 16.4 Å². The van der Waals surface area contributed by atoms with Gasteiger partial charge in [-0.1, -0.05) is 51.0 Å². The summed E-state index contributed by atoms with van der Waals surface area (Å²) in [6, 6.07) is 5.49. The minimum Gasteiger partial charge on any atom is -0.354 e. The van der Waals surface area contributed by atoms with Gasteiger partial charge in [0, 0.05) is 24.4 Å². The normalized spacial score (nSPS) is 16.3. The number of unbranched alkanes of at least 4 members (excludes halogenated alkanes) is 1. The summed E-state index contributed by atoms with van der Waals surface area (Å²) >= 11 is 0. The van der Waals surface area contributed by atoms with E-state index in [-0.39, 0.29) is 12.5 Å². The highest BCUT2D eigenvalue weighted by Gasteiger charge is 2.38. The molecule has 1 aromatic rings. The summed E-state index contributed by atoms with van der Waals surface area (Å²) in [5, 5.41) is 8.52. The molecule has 0 unspecified atom stereocenters. The van der Waals surface area contributed by atoms with E-state index in [1.54, 1.807) is 12.3 Å². The molecular formula is C21H28F3N3O. The zero-order valence-corrected chi connectivity index (χ0v) is 16.3. The molecule has 0 aromatic heterocycles. The Morgan fingerprint density at radius 2 is 2.07 bits per heavy atom. The third-order valence-electron chi connectivity index (χ3n) is 5.15. The van der Waals surface area contributed by atoms with Gasteiger partial charge < -0.3 is 5.32 Å². The van der Waals surface area contributed by atoms with Crippen LogP contribution in [0, 0.1) is 0 Å². The molecule has 0 radical (unpaired) electrons. The highest BCUT2D eigenvalue weighted by molar-refractivity contribution is 5.78. The number of hydrogen-bond donors (Lipinski definition) is 1. The molecule has 1 fully saturated rings. The van der Waals surface area contributed by atoms with E-state index in [0.29, 0.717) is 12.1 Å². The summed E-state index contributed by atoms with van der Waals surface area (Å²) in [7, 11) is 0. The van der Waals surface area contributed by atoms with E-state index >= 15 is 0 Å². The molecule has 154 valence electrons. The van der Waals surface area contributed by atoms with Crippen LogP contribution in [0.3, 0.4) is 0 Å². The second-order valence-electron chi connectivity index (χ2n) is 7.21. The SMILES string of the molecule is C=CN(CC(=O)NCC1(c2cccc(C(F)(F)F)c2)CCCC1)/N=C\CCC. The number of halogens is 3. The van der Waals surface area contributed by atoms with Crippen LogP contribution in [0.4, 0.5) is 13.2 Å². The molecule has 1 N–H and O–H groups in total. The third kappa shape index (κ3) is 5.84. The van der Waals surface area contributed by atoms with Crippen molar-refractivity contribution >= 4 is 12.1 Å². The Balaban J connectivity index is 2.07. The highest BCUT2D eigenvalue weighted by Crippen LogP contribution is 2.42. The minimum atomic E-state index is -4.37. The first-order valence-electron chi connectivity index (χ1n) is 9.67. The van der Waals surface area contributed by atoms with E-state index in [1.165, 1.54) is 23.3 Å². The molecule has 2 rings (SSSR count). The molecule has 0 atom stereocenters. The number of amides is 1.